The number of hydrogen-bond acceptors (Lipinski definition) is 5. The summed E-state index contributed by atoms with van der Waals surface area (Å²) in [5.41, 5.74) is 4.58. The van der Waals surface area contributed by atoms with Crippen molar-refractivity contribution in [2.24, 2.45) is 0 Å². The van der Waals surface area contributed by atoms with Gasteiger partial charge >= 0.3 is 6.03 Å². The molecule has 4 rings (SSSR count). The zero-order chi connectivity index (χ0) is 22.5. The van der Waals surface area contributed by atoms with Crippen LogP contribution in [0.1, 0.15) is 43.3 Å². The fraction of sp³-hybridized carbons (Fsp3) is 0.320. The number of carbonyl (C=O) groups excluding carboxylic acids is 1. The number of carbonyl (C=O) groups is 1. The molecule has 2 aromatic carbocycles. The molecule has 2 heterocycles. The van der Waals surface area contributed by atoms with Gasteiger partial charge < -0.3 is 14.6 Å². The third-order valence-electron chi connectivity index (χ3n) is 5.54. The largest absolute Gasteiger partial charge is 0.382 e. The number of aryl methyl sites for hydroxylation is 1. The minimum absolute atomic E-state index is 0.143. The van der Waals surface area contributed by atoms with Gasteiger partial charge in [-0.15, -0.1) is 0 Å². The zero-order valence-corrected chi connectivity index (χ0v) is 18.7. The summed E-state index contributed by atoms with van der Waals surface area (Å²) in [6, 6.07) is 17.3. The van der Waals surface area contributed by atoms with Crippen LogP contribution in [0.15, 0.2) is 64.8 Å². The fourth-order valence-corrected chi connectivity index (χ4v) is 3.93. The van der Waals surface area contributed by atoms with Crippen LogP contribution in [0.5, 0.6) is 0 Å². The fourth-order valence-electron chi connectivity index (χ4n) is 3.93. The minimum Gasteiger partial charge on any atom is -0.382 e. The highest BCUT2D eigenvalue weighted by Gasteiger charge is 2.35. The minimum atomic E-state index is -0.377. The van der Waals surface area contributed by atoms with Crippen molar-refractivity contribution in [2.45, 2.75) is 33.2 Å². The smallest absolute Gasteiger partial charge is 0.322 e. The average molecular weight is 433 g/mol. The van der Waals surface area contributed by atoms with Crippen molar-refractivity contribution in [1.82, 2.24) is 20.4 Å². The normalized spacial score (nSPS) is 16.4. The molecule has 0 bridgehead atoms. The van der Waals surface area contributed by atoms with Crippen LogP contribution >= 0.6 is 0 Å². The van der Waals surface area contributed by atoms with Crippen LogP contribution in [0.25, 0.3) is 17.0 Å². The van der Waals surface area contributed by atoms with Crippen LogP contribution in [0.3, 0.4) is 0 Å². The summed E-state index contributed by atoms with van der Waals surface area (Å²) in [5, 5.41) is 7.35. The molecule has 1 aromatic heterocycles. The molecular weight excluding hydrogens is 404 g/mol. The highest BCUT2D eigenvalue weighted by molar-refractivity contribution is 5.86. The highest BCUT2D eigenvalue weighted by Crippen LogP contribution is 2.37. The summed E-state index contributed by atoms with van der Waals surface area (Å²) in [6.07, 6.45) is 0.736. The van der Waals surface area contributed by atoms with Gasteiger partial charge in [-0.25, -0.2) is 4.79 Å². The monoisotopic (exact) mass is 432 g/mol. The topological polar surface area (TPSA) is 80.5 Å². The van der Waals surface area contributed by atoms with Crippen molar-refractivity contribution in [2.75, 3.05) is 19.8 Å². The van der Waals surface area contributed by atoms with E-state index in [1.54, 1.807) is 4.90 Å². The lowest BCUT2D eigenvalue weighted by molar-refractivity contribution is 0.136. The predicted molar refractivity (Wildman–Crippen MR) is 123 cm³/mol. The molecule has 0 spiro atoms. The maximum atomic E-state index is 13.0. The van der Waals surface area contributed by atoms with E-state index < -0.39 is 0 Å². The summed E-state index contributed by atoms with van der Waals surface area (Å²) in [7, 11) is 0. The lowest BCUT2D eigenvalue weighted by Crippen LogP contribution is -2.46. The second kappa shape index (κ2) is 9.78. The van der Waals surface area contributed by atoms with Gasteiger partial charge in [-0.2, -0.15) is 4.98 Å². The number of aromatic nitrogens is 2. The molecule has 166 valence electrons. The van der Waals surface area contributed by atoms with Crippen molar-refractivity contribution in [3.8, 4) is 11.4 Å². The van der Waals surface area contributed by atoms with E-state index in [4.69, 9.17) is 14.2 Å². The number of nitrogens with one attached hydrogen (secondary N) is 1. The third kappa shape index (κ3) is 4.57. The molecule has 0 saturated carbocycles. The molecule has 1 aliphatic rings. The molecule has 0 radical (unpaired) electrons. The Morgan fingerprint density at radius 3 is 2.69 bits per heavy atom. The van der Waals surface area contributed by atoms with Crippen LogP contribution in [0, 0.1) is 6.92 Å². The number of allylic oxidation sites excluding steroid dienone is 1. The van der Waals surface area contributed by atoms with Gasteiger partial charge in [-0.05, 0) is 38.8 Å². The Bertz CT molecular complexity index is 1110. The maximum Gasteiger partial charge on any atom is 0.322 e. The number of rotatable bonds is 8. The van der Waals surface area contributed by atoms with E-state index in [0.717, 1.165) is 34.4 Å². The number of ether oxygens (including phenoxy) is 1. The Kier molecular flexibility index (Phi) is 6.66. The van der Waals surface area contributed by atoms with E-state index in [0.29, 0.717) is 31.5 Å². The number of nitrogens with zero attached hydrogens (tertiary/aromatic N) is 3. The Labute approximate surface area is 188 Å². The Morgan fingerprint density at radius 2 is 1.94 bits per heavy atom. The molecule has 1 atom stereocenters. The second-order valence-electron chi connectivity index (χ2n) is 7.79. The van der Waals surface area contributed by atoms with Gasteiger partial charge in [0, 0.05) is 31.0 Å². The van der Waals surface area contributed by atoms with E-state index in [2.05, 4.69) is 10.5 Å². The lowest BCUT2D eigenvalue weighted by atomic mass is 9.94. The van der Waals surface area contributed by atoms with Crippen molar-refractivity contribution in [3.05, 3.63) is 77.3 Å². The number of hydrogen-bond donors (Lipinski definition) is 1. The van der Waals surface area contributed by atoms with Gasteiger partial charge in [0.15, 0.2) is 0 Å². The van der Waals surface area contributed by atoms with E-state index in [1.807, 2.05) is 75.4 Å². The molecule has 0 aliphatic carbocycles. The first-order chi connectivity index (χ1) is 15.6. The van der Waals surface area contributed by atoms with Crippen molar-refractivity contribution < 1.29 is 14.1 Å². The zero-order valence-electron chi connectivity index (χ0n) is 18.7. The average Bonchev–Trinajstić information content (AvgIpc) is 3.28. The summed E-state index contributed by atoms with van der Waals surface area (Å²) >= 11 is 0. The van der Waals surface area contributed by atoms with Crippen LogP contribution in [-0.2, 0) is 4.74 Å². The summed E-state index contributed by atoms with van der Waals surface area (Å²) in [6.45, 7) is 7.72. The van der Waals surface area contributed by atoms with Crippen LogP contribution in [-0.4, -0.2) is 40.8 Å². The molecule has 32 heavy (non-hydrogen) atoms. The van der Waals surface area contributed by atoms with Crippen molar-refractivity contribution in [3.63, 3.8) is 0 Å². The first-order valence-electron chi connectivity index (χ1n) is 10.9. The van der Waals surface area contributed by atoms with Crippen LogP contribution < -0.4 is 5.32 Å². The molecule has 7 nitrogen and oxygen atoms in total. The number of benzene rings is 2. The number of amides is 2. The third-order valence-corrected chi connectivity index (χ3v) is 5.54. The van der Waals surface area contributed by atoms with Crippen LogP contribution in [0.4, 0.5) is 4.79 Å². The molecule has 1 unspecified atom stereocenters. The van der Waals surface area contributed by atoms with E-state index in [-0.39, 0.29) is 12.1 Å². The van der Waals surface area contributed by atoms with Crippen LogP contribution in [0.2, 0.25) is 0 Å². The molecular formula is C25H28N4O3. The SMILES string of the molecule is CCOCCCN1C(=O)NC(c2ccccc2)C(c2nc(-c3cccc(C)c3)no2)=C1C. The lowest BCUT2D eigenvalue weighted by Gasteiger charge is -2.35. The second-order valence-corrected chi connectivity index (χ2v) is 7.79. The van der Waals surface area contributed by atoms with Gasteiger partial charge in [0.2, 0.25) is 5.82 Å². The predicted octanol–water partition coefficient (Wildman–Crippen LogP) is 4.97. The van der Waals surface area contributed by atoms with Crippen molar-refractivity contribution >= 4 is 11.6 Å². The summed E-state index contributed by atoms with van der Waals surface area (Å²) < 4.78 is 11.2. The van der Waals surface area contributed by atoms with Gasteiger partial charge in [0.1, 0.15) is 0 Å². The molecule has 7 heteroatoms. The highest BCUT2D eigenvalue weighted by atomic mass is 16.5. The van der Waals surface area contributed by atoms with Gasteiger partial charge in [-0.1, -0.05) is 59.3 Å². The molecule has 1 N–H and O–H groups in total. The Balaban J connectivity index is 1.73. The molecule has 3 aromatic rings. The summed E-state index contributed by atoms with van der Waals surface area (Å²) in [5.74, 6) is 0.929. The van der Waals surface area contributed by atoms with E-state index in [9.17, 15) is 4.79 Å². The van der Waals surface area contributed by atoms with E-state index in [1.165, 1.54) is 0 Å². The first kappa shape index (κ1) is 21.8. The van der Waals surface area contributed by atoms with Crippen molar-refractivity contribution in [1.29, 1.82) is 0 Å². The van der Waals surface area contributed by atoms with Gasteiger partial charge in [-0.3, -0.25) is 4.90 Å². The molecule has 1 aliphatic heterocycles. The van der Waals surface area contributed by atoms with Gasteiger partial charge in [0.05, 0.1) is 11.6 Å². The summed E-state index contributed by atoms with van der Waals surface area (Å²) in [4.78, 5) is 19.4. The molecule has 0 saturated heterocycles. The molecule has 2 amide bonds. The standard InChI is InChI=1S/C25H28N4O3/c1-4-31-15-9-14-29-18(3)21(22(26-25(29)30)19-11-6-5-7-12-19)24-27-23(28-32-24)20-13-8-10-17(2)16-20/h5-8,10-13,16,22H,4,9,14-15H2,1-3H3,(H,26,30). The maximum absolute atomic E-state index is 13.0. The Hall–Kier alpha value is -3.45. The van der Waals surface area contributed by atoms with E-state index >= 15 is 0 Å². The molecule has 0 fully saturated rings. The Morgan fingerprint density at radius 1 is 1.12 bits per heavy atom. The first-order valence-corrected chi connectivity index (χ1v) is 10.9. The quantitative estimate of drug-likeness (QED) is 0.509. The number of urea groups is 1. The van der Waals surface area contributed by atoms with Gasteiger partial charge in [0.25, 0.3) is 5.89 Å².